The first-order valence-corrected chi connectivity index (χ1v) is 8.42. The summed E-state index contributed by atoms with van der Waals surface area (Å²) in [4.78, 5) is 40.8. The van der Waals surface area contributed by atoms with Crippen molar-refractivity contribution in [3.8, 4) is 0 Å². The van der Waals surface area contributed by atoms with Crippen LogP contribution < -0.4 is 0 Å². The van der Waals surface area contributed by atoms with Crippen molar-refractivity contribution < 1.29 is 14.4 Å². The molecule has 0 radical (unpaired) electrons. The van der Waals surface area contributed by atoms with Gasteiger partial charge in [0.1, 0.15) is 6.04 Å². The minimum absolute atomic E-state index is 0.122. The fourth-order valence-corrected chi connectivity index (χ4v) is 3.57. The van der Waals surface area contributed by atoms with E-state index in [4.69, 9.17) is 0 Å². The quantitative estimate of drug-likeness (QED) is 0.810. The van der Waals surface area contributed by atoms with Gasteiger partial charge in [-0.15, -0.1) is 0 Å². The van der Waals surface area contributed by atoms with Crippen LogP contribution in [0.4, 0.5) is 0 Å². The molecule has 2 aromatic carbocycles. The van der Waals surface area contributed by atoms with Crippen LogP contribution in [0.1, 0.15) is 34.3 Å². The zero-order valence-electron chi connectivity index (χ0n) is 13.7. The summed E-state index contributed by atoms with van der Waals surface area (Å²) >= 11 is 0. The molecule has 2 aliphatic rings. The Morgan fingerprint density at radius 2 is 1.64 bits per heavy atom. The molecular formula is C20H18N2O3. The Morgan fingerprint density at radius 1 is 0.920 bits per heavy atom. The van der Waals surface area contributed by atoms with Crippen LogP contribution in [0.25, 0.3) is 0 Å². The van der Waals surface area contributed by atoms with Gasteiger partial charge in [0.15, 0.2) is 0 Å². The van der Waals surface area contributed by atoms with Gasteiger partial charge in [-0.1, -0.05) is 48.5 Å². The maximum atomic E-state index is 12.9. The van der Waals surface area contributed by atoms with Gasteiger partial charge in [-0.3, -0.25) is 19.3 Å². The Balaban J connectivity index is 1.57. The Bertz CT molecular complexity index is 847. The number of rotatable bonds is 3. The highest BCUT2D eigenvalue weighted by Crippen LogP contribution is 2.29. The molecule has 1 fully saturated rings. The molecule has 3 amide bonds. The van der Waals surface area contributed by atoms with Crippen molar-refractivity contribution in [2.45, 2.75) is 32.0 Å². The Labute approximate surface area is 145 Å². The van der Waals surface area contributed by atoms with E-state index in [9.17, 15) is 14.4 Å². The van der Waals surface area contributed by atoms with Crippen LogP contribution in [0.3, 0.4) is 0 Å². The first-order chi connectivity index (χ1) is 12.1. The van der Waals surface area contributed by atoms with E-state index in [1.807, 2.05) is 48.5 Å². The average molecular weight is 334 g/mol. The average Bonchev–Trinajstić information content (AvgIpc) is 2.97. The lowest BCUT2D eigenvalue weighted by molar-refractivity contribution is -0.153. The first-order valence-electron chi connectivity index (χ1n) is 8.42. The second kappa shape index (κ2) is 6.16. The normalized spacial score (nSPS) is 20.2. The SMILES string of the molecule is O=C1CCC(N2Cc3ccccc3C2=O)C(=O)N1Cc1ccccc1. The summed E-state index contributed by atoms with van der Waals surface area (Å²) in [6, 6.07) is 16.3. The molecule has 25 heavy (non-hydrogen) atoms. The minimum Gasteiger partial charge on any atom is -0.322 e. The summed E-state index contributed by atoms with van der Waals surface area (Å²) in [6.07, 6.45) is 0.673. The lowest BCUT2D eigenvalue weighted by Crippen LogP contribution is -2.54. The van der Waals surface area contributed by atoms with Crippen LogP contribution in [0.15, 0.2) is 54.6 Å². The van der Waals surface area contributed by atoms with Gasteiger partial charge < -0.3 is 4.90 Å². The Kier molecular flexibility index (Phi) is 3.84. The van der Waals surface area contributed by atoms with Crippen LogP contribution >= 0.6 is 0 Å². The van der Waals surface area contributed by atoms with Gasteiger partial charge >= 0.3 is 0 Å². The molecule has 1 unspecified atom stereocenters. The molecule has 2 heterocycles. The second-order valence-electron chi connectivity index (χ2n) is 6.45. The minimum atomic E-state index is -0.568. The Hall–Kier alpha value is -2.95. The molecule has 1 saturated heterocycles. The van der Waals surface area contributed by atoms with Crippen molar-refractivity contribution in [1.82, 2.24) is 9.80 Å². The molecule has 5 heteroatoms. The molecule has 0 saturated carbocycles. The maximum absolute atomic E-state index is 12.9. The Morgan fingerprint density at radius 3 is 2.40 bits per heavy atom. The molecule has 1 atom stereocenters. The third-order valence-electron chi connectivity index (χ3n) is 4.89. The molecule has 0 spiro atoms. The van der Waals surface area contributed by atoms with Crippen molar-refractivity contribution >= 4 is 17.7 Å². The van der Waals surface area contributed by atoms with Crippen LogP contribution in [0.2, 0.25) is 0 Å². The highest BCUT2D eigenvalue weighted by molar-refractivity contribution is 6.05. The van der Waals surface area contributed by atoms with Crippen molar-refractivity contribution in [2.24, 2.45) is 0 Å². The van der Waals surface area contributed by atoms with E-state index in [-0.39, 0.29) is 30.7 Å². The van der Waals surface area contributed by atoms with Crippen LogP contribution in [-0.2, 0) is 22.7 Å². The third-order valence-corrected chi connectivity index (χ3v) is 4.89. The highest BCUT2D eigenvalue weighted by atomic mass is 16.2. The number of amides is 3. The van der Waals surface area contributed by atoms with Gasteiger partial charge in [-0.05, 0) is 23.6 Å². The number of hydrogen-bond donors (Lipinski definition) is 0. The molecule has 126 valence electrons. The summed E-state index contributed by atoms with van der Waals surface area (Å²) < 4.78 is 0. The number of fused-ring (bicyclic) bond motifs is 1. The number of likely N-dealkylation sites (tertiary alicyclic amines) is 1. The van der Waals surface area contributed by atoms with Gasteiger partial charge in [-0.25, -0.2) is 0 Å². The lowest BCUT2D eigenvalue weighted by atomic mass is 10.0. The number of hydrogen-bond acceptors (Lipinski definition) is 3. The third kappa shape index (κ3) is 2.71. The topological polar surface area (TPSA) is 57.7 Å². The first kappa shape index (κ1) is 15.6. The number of carbonyl (C=O) groups is 3. The van der Waals surface area contributed by atoms with Crippen molar-refractivity contribution in [1.29, 1.82) is 0 Å². The van der Waals surface area contributed by atoms with Gasteiger partial charge in [0.25, 0.3) is 11.8 Å². The predicted octanol–water partition coefficient (Wildman–Crippen LogP) is 2.36. The molecule has 0 aliphatic carbocycles. The summed E-state index contributed by atoms with van der Waals surface area (Å²) in [5.41, 5.74) is 2.49. The monoisotopic (exact) mass is 334 g/mol. The van der Waals surface area contributed by atoms with Crippen molar-refractivity contribution in [2.75, 3.05) is 0 Å². The summed E-state index contributed by atoms with van der Waals surface area (Å²) in [5.74, 6) is -0.571. The van der Waals surface area contributed by atoms with Crippen LogP contribution in [0.5, 0.6) is 0 Å². The molecule has 0 aromatic heterocycles. The van der Waals surface area contributed by atoms with E-state index in [1.54, 1.807) is 11.0 Å². The van der Waals surface area contributed by atoms with E-state index in [1.165, 1.54) is 4.90 Å². The number of carbonyl (C=O) groups excluding carboxylic acids is 3. The van der Waals surface area contributed by atoms with E-state index >= 15 is 0 Å². The highest BCUT2D eigenvalue weighted by Gasteiger charge is 2.42. The van der Waals surface area contributed by atoms with Gasteiger partial charge in [0.05, 0.1) is 6.54 Å². The molecular weight excluding hydrogens is 316 g/mol. The standard InChI is InChI=1S/C20H18N2O3/c23-18-11-10-17(20(25)22(18)12-14-6-2-1-3-7-14)21-13-15-8-4-5-9-16(15)19(21)24/h1-9,17H,10-13H2. The summed E-state index contributed by atoms with van der Waals surface area (Å²) in [6.45, 7) is 0.683. The van der Waals surface area contributed by atoms with Crippen LogP contribution in [-0.4, -0.2) is 33.6 Å². The van der Waals surface area contributed by atoms with Crippen molar-refractivity contribution in [3.05, 3.63) is 71.3 Å². The second-order valence-corrected chi connectivity index (χ2v) is 6.45. The van der Waals surface area contributed by atoms with Crippen LogP contribution in [0, 0.1) is 0 Å². The molecule has 0 N–H and O–H groups in total. The zero-order chi connectivity index (χ0) is 17.4. The number of nitrogens with zero attached hydrogens (tertiary/aromatic N) is 2. The smallest absolute Gasteiger partial charge is 0.255 e. The van der Waals surface area contributed by atoms with Gasteiger partial charge in [0.2, 0.25) is 5.91 Å². The van der Waals surface area contributed by atoms with Gasteiger partial charge in [0, 0.05) is 18.5 Å². The molecule has 2 aliphatic heterocycles. The van der Waals surface area contributed by atoms with E-state index in [0.717, 1.165) is 11.1 Å². The predicted molar refractivity (Wildman–Crippen MR) is 91.3 cm³/mol. The maximum Gasteiger partial charge on any atom is 0.255 e. The van der Waals surface area contributed by atoms with E-state index < -0.39 is 6.04 Å². The van der Waals surface area contributed by atoms with Gasteiger partial charge in [-0.2, -0.15) is 0 Å². The number of benzene rings is 2. The lowest BCUT2D eigenvalue weighted by Gasteiger charge is -2.35. The zero-order valence-corrected chi connectivity index (χ0v) is 13.7. The number of piperidine rings is 1. The molecule has 2 aromatic rings. The molecule has 5 nitrogen and oxygen atoms in total. The number of imide groups is 1. The largest absolute Gasteiger partial charge is 0.322 e. The van der Waals surface area contributed by atoms with Crippen molar-refractivity contribution in [3.63, 3.8) is 0 Å². The fourth-order valence-electron chi connectivity index (χ4n) is 3.57. The van der Waals surface area contributed by atoms with E-state index in [0.29, 0.717) is 18.5 Å². The summed E-state index contributed by atoms with van der Waals surface area (Å²) in [5, 5.41) is 0. The fraction of sp³-hybridized carbons (Fsp3) is 0.250. The summed E-state index contributed by atoms with van der Waals surface area (Å²) in [7, 11) is 0. The molecule has 4 rings (SSSR count). The molecule has 0 bridgehead atoms. The van der Waals surface area contributed by atoms with E-state index in [2.05, 4.69) is 0 Å².